The van der Waals surface area contributed by atoms with Crippen LogP contribution in [0.1, 0.15) is 30.6 Å². The van der Waals surface area contributed by atoms with E-state index in [9.17, 15) is 8.78 Å². The van der Waals surface area contributed by atoms with Crippen LogP contribution in [0.4, 0.5) is 14.5 Å². The van der Waals surface area contributed by atoms with Gasteiger partial charge in [0.25, 0.3) is 5.92 Å². The number of anilines is 1. The van der Waals surface area contributed by atoms with Crippen molar-refractivity contribution < 1.29 is 18.3 Å². The van der Waals surface area contributed by atoms with E-state index in [-0.39, 0.29) is 19.8 Å². The quantitative estimate of drug-likeness (QED) is 0.554. The number of fused-ring (bicyclic) bond motifs is 2. The molecule has 1 aliphatic heterocycles. The molecule has 2 unspecified atom stereocenters. The van der Waals surface area contributed by atoms with E-state index in [1.165, 1.54) is 0 Å². The minimum atomic E-state index is -2.80. The topological polar surface area (TPSA) is 55.4 Å². The molecule has 0 radical (unpaired) electrons. The van der Waals surface area contributed by atoms with Crippen LogP contribution in [0.15, 0.2) is 48.5 Å². The standard InChI is InChI=1S/C24H25F2N3O2/c1-3-27-13-23(12-24(23,25)26)22(17-6-4-9-20-21(17)31-14-30-20)29-19-8-5-7-18-16(19)11-10-15(2)28-18/h4-11,22,27,29H,3,12-14H2,1-2H3. The van der Waals surface area contributed by atoms with Crippen LogP contribution in [-0.4, -0.2) is 30.8 Å². The van der Waals surface area contributed by atoms with E-state index in [2.05, 4.69) is 15.6 Å². The van der Waals surface area contributed by atoms with Gasteiger partial charge in [0.2, 0.25) is 6.79 Å². The summed E-state index contributed by atoms with van der Waals surface area (Å²) in [4.78, 5) is 4.58. The van der Waals surface area contributed by atoms with Gasteiger partial charge in [-0.15, -0.1) is 0 Å². The van der Waals surface area contributed by atoms with Gasteiger partial charge < -0.3 is 20.1 Å². The fourth-order valence-electron chi connectivity index (χ4n) is 4.54. The number of hydrogen-bond acceptors (Lipinski definition) is 5. The molecule has 7 heteroatoms. The van der Waals surface area contributed by atoms with Crippen molar-refractivity contribution >= 4 is 16.6 Å². The third-order valence-electron chi connectivity index (χ3n) is 6.29. The summed E-state index contributed by atoms with van der Waals surface area (Å²) in [6.07, 6.45) is -0.197. The third kappa shape index (κ3) is 3.28. The summed E-state index contributed by atoms with van der Waals surface area (Å²) in [5.74, 6) is -1.68. The molecule has 5 nitrogen and oxygen atoms in total. The molecule has 2 atom stereocenters. The summed E-state index contributed by atoms with van der Waals surface area (Å²) in [7, 11) is 0. The minimum Gasteiger partial charge on any atom is -0.454 e. The normalized spacial score (nSPS) is 21.8. The van der Waals surface area contributed by atoms with Crippen molar-refractivity contribution in [2.24, 2.45) is 5.41 Å². The Balaban J connectivity index is 1.63. The Bertz CT molecular complexity index is 1140. The molecule has 0 saturated heterocycles. The zero-order chi connectivity index (χ0) is 21.6. The Morgan fingerprint density at radius 3 is 2.68 bits per heavy atom. The van der Waals surface area contributed by atoms with E-state index in [4.69, 9.17) is 9.47 Å². The zero-order valence-corrected chi connectivity index (χ0v) is 17.5. The number of hydrogen-bond donors (Lipinski definition) is 2. The number of halogens is 2. The van der Waals surface area contributed by atoms with E-state index < -0.39 is 17.4 Å². The highest BCUT2D eigenvalue weighted by atomic mass is 19.3. The van der Waals surface area contributed by atoms with Crippen molar-refractivity contribution in [3.05, 3.63) is 59.8 Å². The molecule has 0 amide bonds. The Morgan fingerprint density at radius 1 is 1.10 bits per heavy atom. The van der Waals surface area contributed by atoms with Gasteiger partial charge in [0.1, 0.15) is 0 Å². The molecule has 1 saturated carbocycles. The van der Waals surface area contributed by atoms with Crippen LogP contribution < -0.4 is 20.1 Å². The lowest BCUT2D eigenvalue weighted by Crippen LogP contribution is -2.36. The van der Waals surface area contributed by atoms with E-state index >= 15 is 0 Å². The smallest absolute Gasteiger partial charge is 0.258 e. The fourth-order valence-corrected chi connectivity index (χ4v) is 4.54. The predicted octanol–water partition coefficient (Wildman–Crippen LogP) is 5.06. The second kappa shape index (κ2) is 7.34. The maximum atomic E-state index is 15.0. The van der Waals surface area contributed by atoms with Crippen molar-refractivity contribution in [2.45, 2.75) is 32.2 Å². The highest BCUT2D eigenvalue weighted by Gasteiger charge is 2.74. The van der Waals surface area contributed by atoms with E-state index in [0.717, 1.165) is 22.3 Å². The average molecular weight is 425 g/mol. The van der Waals surface area contributed by atoms with Gasteiger partial charge in [-0.25, -0.2) is 8.78 Å². The van der Waals surface area contributed by atoms with Crippen LogP contribution in [0.25, 0.3) is 10.9 Å². The highest BCUT2D eigenvalue weighted by Crippen LogP contribution is 2.68. The van der Waals surface area contributed by atoms with E-state index in [1.54, 1.807) is 6.07 Å². The van der Waals surface area contributed by atoms with Crippen molar-refractivity contribution in [3.8, 4) is 11.5 Å². The molecule has 1 aromatic heterocycles. The van der Waals surface area contributed by atoms with Crippen LogP contribution in [0.5, 0.6) is 11.5 Å². The molecule has 2 aromatic carbocycles. The summed E-state index contributed by atoms with van der Waals surface area (Å²) >= 11 is 0. The lowest BCUT2D eigenvalue weighted by Gasteiger charge is -2.31. The van der Waals surface area contributed by atoms with Gasteiger partial charge in [-0.3, -0.25) is 4.98 Å². The molecule has 2 N–H and O–H groups in total. The number of pyridine rings is 1. The van der Waals surface area contributed by atoms with Crippen LogP contribution in [-0.2, 0) is 0 Å². The summed E-state index contributed by atoms with van der Waals surface area (Å²) in [6.45, 7) is 4.76. The number of alkyl halides is 2. The number of rotatable bonds is 7. The molecule has 5 rings (SSSR count). The summed E-state index contributed by atoms with van der Waals surface area (Å²) < 4.78 is 41.2. The molecule has 162 valence electrons. The number of para-hydroxylation sites is 1. The first-order chi connectivity index (χ1) is 14.9. The van der Waals surface area contributed by atoms with Gasteiger partial charge >= 0.3 is 0 Å². The molecule has 0 spiro atoms. The maximum absolute atomic E-state index is 15.0. The largest absolute Gasteiger partial charge is 0.454 e. The second-order valence-electron chi connectivity index (χ2n) is 8.30. The van der Waals surface area contributed by atoms with Crippen LogP contribution >= 0.6 is 0 Å². The number of aryl methyl sites for hydroxylation is 1. The molecule has 3 aromatic rings. The first-order valence-electron chi connectivity index (χ1n) is 10.6. The van der Waals surface area contributed by atoms with Crippen LogP contribution in [0.3, 0.4) is 0 Å². The number of nitrogens with zero attached hydrogens (tertiary/aromatic N) is 1. The first kappa shape index (κ1) is 20.0. The Morgan fingerprint density at radius 2 is 1.90 bits per heavy atom. The molecule has 0 bridgehead atoms. The van der Waals surface area contributed by atoms with Gasteiger partial charge in [0, 0.05) is 35.3 Å². The number of nitrogens with one attached hydrogen (secondary N) is 2. The molecule has 2 heterocycles. The second-order valence-corrected chi connectivity index (χ2v) is 8.30. The lowest BCUT2D eigenvalue weighted by molar-refractivity contribution is 0.0553. The SMILES string of the molecule is CCNCC1(C(Nc2cccc3nc(C)ccc23)c2cccc3c2OCO3)CC1(F)F. The monoisotopic (exact) mass is 425 g/mol. The summed E-state index contributed by atoms with van der Waals surface area (Å²) in [5, 5.41) is 7.50. The molecule has 31 heavy (non-hydrogen) atoms. The Kier molecular flexibility index (Phi) is 4.73. The van der Waals surface area contributed by atoms with Gasteiger partial charge in [-0.2, -0.15) is 0 Å². The number of aromatic nitrogens is 1. The van der Waals surface area contributed by atoms with E-state index in [0.29, 0.717) is 23.6 Å². The molecular weight excluding hydrogens is 400 g/mol. The highest BCUT2D eigenvalue weighted by molar-refractivity contribution is 5.91. The maximum Gasteiger partial charge on any atom is 0.258 e. The predicted molar refractivity (Wildman–Crippen MR) is 116 cm³/mol. The first-order valence-corrected chi connectivity index (χ1v) is 10.6. The van der Waals surface area contributed by atoms with Crippen molar-refractivity contribution in [3.63, 3.8) is 0 Å². The number of benzene rings is 2. The van der Waals surface area contributed by atoms with Gasteiger partial charge in [0.05, 0.1) is 17.0 Å². The van der Waals surface area contributed by atoms with Gasteiger partial charge in [-0.1, -0.05) is 25.1 Å². The van der Waals surface area contributed by atoms with Crippen LogP contribution in [0, 0.1) is 12.3 Å². The molecule has 2 aliphatic rings. The number of ether oxygens (including phenoxy) is 2. The Hall–Kier alpha value is -2.93. The third-order valence-corrected chi connectivity index (χ3v) is 6.29. The van der Waals surface area contributed by atoms with Crippen molar-refractivity contribution in [1.82, 2.24) is 10.3 Å². The summed E-state index contributed by atoms with van der Waals surface area (Å²) in [5.41, 5.74) is 1.91. The zero-order valence-electron chi connectivity index (χ0n) is 17.5. The van der Waals surface area contributed by atoms with Crippen LogP contribution in [0.2, 0.25) is 0 Å². The molecule has 1 fully saturated rings. The fraction of sp³-hybridized carbons (Fsp3) is 0.375. The van der Waals surface area contributed by atoms with Crippen molar-refractivity contribution in [2.75, 3.05) is 25.2 Å². The molecule has 1 aliphatic carbocycles. The van der Waals surface area contributed by atoms with Gasteiger partial charge in [0.15, 0.2) is 11.5 Å². The molecular formula is C24H25F2N3O2. The van der Waals surface area contributed by atoms with Gasteiger partial charge in [-0.05, 0) is 43.8 Å². The summed E-state index contributed by atoms with van der Waals surface area (Å²) in [6, 6.07) is 14.4. The minimum absolute atomic E-state index is 0.0904. The lowest BCUT2D eigenvalue weighted by atomic mass is 9.87. The Labute approximate surface area is 179 Å². The van der Waals surface area contributed by atoms with E-state index in [1.807, 2.05) is 56.3 Å². The van der Waals surface area contributed by atoms with Crippen molar-refractivity contribution in [1.29, 1.82) is 0 Å². The average Bonchev–Trinajstić information content (AvgIpc) is 3.08.